The molecule has 0 N–H and O–H groups in total. The molecule has 0 aromatic carbocycles. The molecule has 0 radical (unpaired) electrons. The van der Waals surface area contributed by atoms with Crippen LogP contribution in [0, 0.1) is 0 Å². The van der Waals surface area contributed by atoms with Crippen molar-refractivity contribution in [3.63, 3.8) is 0 Å². The van der Waals surface area contributed by atoms with Crippen LogP contribution in [0.2, 0.25) is 0 Å². The van der Waals surface area contributed by atoms with Crippen molar-refractivity contribution >= 4 is 5.97 Å². The maximum atomic E-state index is 11.3. The Hall–Kier alpha value is -1.05. The summed E-state index contributed by atoms with van der Waals surface area (Å²) in [6.45, 7) is 1.91. The van der Waals surface area contributed by atoms with Crippen LogP contribution < -0.4 is 0 Å². The molecule has 0 aromatic rings. The van der Waals surface area contributed by atoms with Gasteiger partial charge in [-0.1, -0.05) is 0 Å². The zero-order chi connectivity index (χ0) is 8.55. The van der Waals surface area contributed by atoms with Crippen molar-refractivity contribution in [3.05, 3.63) is 23.0 Å². The molecule has 64 valence electrons. The van der Waals surface area contributed by atoms with E-state index >= 15 is 0 Å². The average molecular weight is 164 g/mol. The van der Waals surface area contributed by atoms with Crippen LogP contribution in [0.15, 0.2) is 23.0 Å². The monoisotopic (exact) mass is 164 g/mol. The Morgan fingerprint density at radius 2 is 1.92 bits per heavy atom. The van der Waals surface area contributed by atoms with Gasteiger partial charge < -0.3 is 4.74 Å². The summed E-state index contributed by atoms with van der Waals surface area (Å²) in [6, 6.07) is 0. The second-order valence-electron chi connectivity index (χ2n) is 3.21. The average Bonchev–Trinajstić information content (AvgIpc) is 2.44. The molecule has 0 aromatic heterocycles. The number of cyclic esters (lactones) is 1. The van der Waals surface area contributed by atoms with Crippen molar-refractivity contribution in [2.45, 2.75) is 32.6 Å². The molecular weight excluding hydrogens is 152 g/mol. The van der Waals surface area contributed by atoms with E-state index in [-0.39, 0.29) is 5.97 Å². The van der Waals surface area contributed by atoms with Gasteiger partial charge in [-0.2, -0.15) is 0 Å². The van der Waals surface area contributed by atoms with Crippen LogP contribution >= 0.6 is 0 Å². The van der Waals surface area contributed by atoms with E-state index in [1.165, 1.54) is 6.42 Å². The highest BCUT2D eigenvalue weighted by Gasteiger charge is 2.30. The summed E-state index contributed by atoms with van der Waals surface area (Å²) in [4.78, 5) is 11.3. The Labute approximate surface area is 71.9 Å². The third-order valence-corrected chi connectivity index (χ3v) is 2.48. The van der Waals surface area contributed by atoms with E-state index in [4.69, 9.17) is 4.74 Å². The van der Waals surface area contributed by atoms with Crippen LogP contribution in [0.3, 0.4) is 0 Å². The molecule has 0 spiro atoms. The maximum absolute atomic E-state index is 11.3. The predicted octanol–water partition coefficient (Wildman–Crippen LogP) is 2.32. The van der Waals surface area contributed by atoms with Crippen molar-refractivity contribution in [1.29, 1.82) is 0 Å². The summed E-state index contributed by atoms with van der Waals surface area (Å²) in [6.07, 6.45) is 6.12. The standard InChI is InChI=1S/C10H12O2/c1-2-9-7-5-3-4-6-8(7)10(11)12-9/h2H,3-6H2,1H3/b9-2+. The lowest BCUT2D eigenvalue weighted by atomic mass is 9.92. The minimum absolute atomic E-state index is 0.113. The van der Waals surface area contributed by atoms with Crippen molar-refractivity contribution < 1.29 is 9.53 Å². The van der Waals surface area contributed by atoms with Gasteiger partial charge in [-0.25, -0.2) is 4.79 Å². The van der Waals surface area contributed by atoms with Gasteiger partial charge in [-0.3, -0.25) is 0 Å². The molecule has 2 aliphatic rings. The molecular formula is C10H12O2. The summed E-state index contributed by atoms with van der Waals surface area (Å²) in [5.74, 6) is 0.688. The zero-order valence-corrected chi connectivity index (χ0v) is 7.22. The number of rotatable bonds is 0. The molecule has 1 aliphatic heterocycles. The highest BCUT2D eigenvalue weighted by Crippen LogP contribution is 2.36. The van der Waals surface area contributed by atoms with Crippen LogP contribution in [0.4, 0.5) is 0 Å². The van der Waals surface area contributed by atoms with Gasteiger partial charge in [0.2, 0.25) is 0 Å². The van der Waals surface area contributed by atoms with Gasteiger partial charge in [0, 0.05) is 11.1 Å². The largest absolute Gasteiger partial charge is 0.423 e. The zero-order valence-electron chi connectivity index (χ0n) is 7.22. The molecule has 0 saturated heterocycles. The van der Waals surface area contributed by atoms with Gasteiger partial charge in [-0.05, 0) is 38.7 Å². The lowest BCUT2D eigenvalue weighted by Gasteiger charge is -2.09. The third-order valence-electron chi connectivity index (χ3n) is 2.48. The number of carbonyl (C=O) groups excluding carboxylic acids is 1. The topological polar surface area (TPSA) is 26.3 Å². The highest BCUT2D eigenvalue weighted by atomic mass is 16.5. The number of allylic oxidation sites excluding steroid dienone is 2. The van der Waals surface area contributed by atoms with Gasteiger partial charge >= 0.3 is 5.97 Å². The second-order valence-corrected chi connectivity index (χ2v) is 3.21. The third kappa shape index (κ3) is 0.986. The van der Waals surface area contributed by atoms with Gasteiger partial charge in [0.1, 0.15) is 5.76 Å². The summed E-state index contributed by atoms with van der Waals surface area (Å²) in [7, 11) is 0. The smallest absolute Gasteiger partial charge is 0.339 e. The minimum Gasteiger partial charge on any atom is -0.423 e. The molecule has 0 unspecified atom stereocenters. The Morgan fingerprint density at radius 1 is 1.25 bits per heavy atom. The number of hydrogen-bond acceptors (Lipinski definition) is 2. The SMILES string of the molecule is C/C=C1/OC(=O)C2=C1CCCC2. The van der Waals surface area contributed by atoms with Crippen LogP contribution in [0.1, 0.15) is 32.6 Å². The molecule has 2 rings (SSSR count). The van der Waals surface area contributed by atoms with E-state index in [1.54, 1.807) is 0 Å². The van der Waals surface area contributed by atoms with E-state index in [0.717, 1.165) is 36.2 Å². The van der Waals surface area contributed by atoms with Gasteiger partial charge in [0.25, 0.3) is 0 Å². The minimum atomic E-state index is -0.113. The Kier molecular flexibility index (Phi) is 1.75. The number of ether oxygens (including phenoxy) is 1. The van der Waals surface area contributed by atoms with E-state index < -0.39 is 0 Å². The number of hydrogen-bond donors (Lipinski definition) is 0. The van der Waals surface area contributed by atoms with Crippen LogP contribution in [0.25, 0.3) is 0 Å². The van der Waals surface area contributed by atoms with Crippen molar-refractivity contribution in [2.75, 3.05) is 0 Å². The fraction of sp³-hybridized carbons (Fsp3) is 0.500. The molecule has 0 amide bonds. The molecule has 0 saturated carbocycles. The van der Waals surface area contributed by atoms with Crippen LogP contribution in [-0.2, 0) is 9.53 Å². The quantitative estimate of drug-likeness (QED) is 0.513. The molecule has 0 atom stereocenters. The summed E-state index contributed by atoms with van der Waals surface area (Å²) in [5.41, 5.74) is 2.09. The Balaban J connectivity index is 2.40. The first-order chi connectivity index (χ1) is 5.83. The van der Waals surface area contributed by atoms with Crippen molar-refractivity contribution in [2.24, 2.45) is 0 Å². The Morgan fingerprint density at radius 3 is 2.58 bits per heavy atom. The molecule has 1 heterocycles. The van der Waals surface area contributed by atoms with E-state index in [1.807, 2.05) is 13.0 Å². The maximum Gasteiger partial charge on any atom is 0.339 e. The number of esters is 1. The fourth-order valence-electron chi connectivity index (χ4n) is 1.86. The molecule has 1 aliphatic carbocycles. The summed E-state index contributed by atoms with van der Waals surface area (Å²) in [5, 5.41) is 0. The Bertz CT molecular complexity index is 284. The molecule has 12 heavy (non-hydrogen) atoms. The van der Waals surface area contributed by atoms with Gasteiger partial charge in [0.05, 0.1) is 0 Å². The predicted molar refractivity (Wildman–Crippen MR) is 45.3 cm³/mol. The first kappa shape index (κ1) is 7.59. The van der Waals surface area contributed by atoms with Crippen LogP contribution in [0.5, 0.6) is 0 Å². The normalized spacial score (nSPS) is 26.1. The lowest BCUT2D eigenvalue weighted by Crippen LogP contribution is -2.01. The summed E-state index contributed by atoms with van der Waals surface area (Å²) < 4.78 is 5.11. The number of carbonyl (C=O) groups is 1. The lowest BCUT2D eigenvalue weighted by molar-refractivity contribution is -0.133. The molecule has 0 bridgehead atoms. The van der Waals surface area contributed by atoms with Gasteiger partial charge in [0.15, 0.2) is 0 Å². The first-order valence-electron chi connectivity index (χ1n) is 4.44. The summed E-state index contributed by atoms with van der Waals surface area (Å²) >= 11 is 0. The highest BCUT2D eigenvalue weighted by molar-refractivity contribution is 5.94. The molecule has 2 nitrogen and oxygen atoms in total. The van der Waals surface area contributed by atoms with Crippen LogP contribution in [-0.4, -0.2) is 5.97 Å². The van der Waals surface area contributed by atoms with E-state index in [9.17, 15) is 4.79 Å². The fourth-order valence-corrected chi connectivity index (χ4v) is 1.86. The molecule has 0 fully saturated rings. The van der Waals surface area contributed by atoms with Crippen molar-refractivity contribution in [1.82, 2.24) is 0 Å². The molecule has 2 heteroatoms. The van der Waals surface area contributed by atoms with Gasteiger partial charge in [-0.15, -0.1) is 0 Å². The second kappa shape index (κ2) is 2.77. The first-order valence-corrected chi connectivity index (χ1v) is 4.44. The van der Waals surface area contributed by atoms with E-state index in [2.05, 4.69) is 0 Å². The van der Waals surface area contributed by atoms with Crippen molar-refractivity contribution in [3.8, 4) is 0 Å². The van der Waals surface area contributed by atoms with E-state index in [0.29, 0.717) is 0 Å².